The monoisotopic (exact) mass is 414 g/mol. The fraction of sp³-hybridized carbons (Fsp3) is 0.696. The van der Waals surface area contributed by atoms with Crippen LogP contribution in [0.25, 0.3) is 10.2 Å². The molecule has 0 aromatic carbocycles. The Morgan fingerprint density at radius 2 is 1.76 bits per heavy atom. The number of piperazine rings is 1. The zero-order valence-electron chi connectivity index (χ0n) is 18.0. The molecule has 1 amide bonds. The smallest absolute Gasteiger partial charge is 0.222 e. The van der Waals surface area contributed by atoms with Crippen molar-refractivity contribution in [2.75, 3.05) is 31.1 Å². The molecule has 3 heterocycles. The van der Waals surface area contributed by atoms with E-state index < -0.39 is 0 Å². The minimum Gasteiger partial charge on any atom is -0.352 e. The molecule has 2 aromatic rings. The molecule has 0 unspecified atom stereocenters. The van der Waals surface area contributed by atoms with E-state index in [-0.39, 0.29) is 0 Å². The van der Waals surface area contributed by atoms with Crippen molar-refractivity contribution >= 4 is 33.3 Å². The molecule has 5 nitrogen and oxygen atoms in total. The number of hydrogen-bond acceptors (Lipinski definition) is 5. The number of anilines is 1. The number of aryl methyl sites for hydroxylation is 3. The minimum atomic E-state index is 0.332. The molecule has 0 N–H and O–H groups in total. The molecular weight excluding hydrogens is 380 g/mol. The van der Waals surface area contributed by atoms with Gasteiger partial charge in [0.2, 0.25) is 5.91 Å². The van der Waals surface area contributed by atoms with Crippen molar-refractivity contribution < 1.29 is 4.79 Å². The number of rotatable bonds is 7. The Hall–Kier alpha value is -1.69. The maximum Gasteiger partial charge on any atom is 0.222 e. The highest BCUT2D eigenvalue weighted by molar-refractivity contribution is 7.19. The Morgan fingerprint density at radius 1 is 1.00 bits per heavy atom. The topological polar surface area (TPSA) is 49.3 Å². The van der Waals surface area contributed by atoms with Crippen LogP contribution in [0.4, 0.5) is 5.82 Å². The average Bonchev–Trinajstić information content (AvgIpc) is 3.11. The number of hydrogen-bond donors (Lipinski definition) is 0. The molecule has 29 heavy (non-hydrogen) atoms. The normalized spacial score (nSPS) is 17.0. The second-order valence-corrected chi connectivity index (χ2v) is 9.60. The van der Waals surface area contributed by atoms with Crippen molar-refractivity contribution in [1.29, 1.82) is 0 Å². The van der Waals surface area contributed by atoms with Gasteiger partial charge in [-0.15, -0.1) is 11.3 Å². The Bertz CT molecular complexity index is 854. The molecule has 1 saturated heterocycles. The van der Waals surface area contributed by atoms with Gasteiger partial charge in [-0.05, 0) is 44.6 Å². The summed E-state index contributed by atoms with van der Waals surface area (Å²) >= 11 is 1.87. The van der Waals surface area contributed by atoms with E-state index in [0.29, 0.717) is 12.3 Å². The van der Waals surface area contributed by atoms with Gasteiger partial charge in [0.25, 0.3) is 0 Å². The van der Waals surface area contributed by atoms with Crippen molar-refractivity contribution in [3.05, 3.63) is 16.3 Å². The van der Waals surface area contributed by atoms with Crippen molar-refractivity contribution in [1.82, 2.24) is 14.9 Å². The Balaban J connectivity index is 1.42. The highest BCUT2D eigenvalue weighted by Gasteiger charge is 2.26. The molecule has 0 bridgehead atoms. The fourth-order valence-corrected chi connectivity index (χ4v) is 5.98. The summed E-state index contributed by atoms with van der Waals surface area (Å²) in [4.78, 5) is 29.3. The van der Waals surface area contributed by atoms with Crippen LogP contribution in [0, 0.1) is 6.92 Å². The lowest BCUT2D eigenvalue weighted by atomic mass is 9.97. The molecule has 2 aromatic heterocycles. The first kappa shape index (κ1) is 20.6. The highest BCUT2D eigenvalue weighted by Crippen LogP contribution is 2.39. The van der Waals surface area contributed by atoms with Crippen LogP contribution in [0.1, 0.15) is 74.6 Å². The minimum absolute atomic E-state index is 0.332. The molecule has 1 aliphatic carbocycles. The van der Waals surface area contributed by atoms with E-state index in [2.05, 4.69) is 16.7 Å². The number of aromatic nitrogens is 2. The quantitative estimate of drug-likeness (QED) is 0.606. The van der Waals surface area contributed by atoms with Crippen molar-refractivity contribution in [2.45, 2.75) is 78.1 Å². The SMILES string of the molecule is CCCCCCCC(=O)N1CCN(c2nc(C)nc3sc4c(c23)CCCC4)CC1. The number of thiophene rings is 1. The summed E-state index contributed by atoms with van der Waals surface area (Å²) in [7, 11) is 0. The van der Waals surface area contributed by atoms with Crippen LogP contribution in [0.3, 0.4) is 0 Å². The van der Waals surface area contributed by atoms with Crippen LogP contribution in [0.15, 0.2) is 0 Å². The molecule has 1 aliphatic heterocycles. The van der Waals surface area contributed by atoms with Gasteiger partial charge >= 0.3 is 0 Å². The largest absolute Gasteiger partial charge is 0.352 e. The van der Waals surface area contributed by atoms with Gasteiger partial charge in [-0.3, -0.25) is 4.79 Å². The maximum absolute atomic E-state index is 12.6. The number of fused-ring (bicyclic) bond motifs is 3. The molecule has 0 saturated carbocycles. The summed E-state index contributed by atoms with van der Waals surface area (Å²) in [6, 6.07) is 0. The van der Waals surface area contributed by atoms with Gasteiger partial charge in [0.05, 0.1) is 5.39 Å². The summed E-state index contributed by atoms with van der Waals surface area (Å²) in [6.07, 6.45) is 11.6. The van der Waals surface area contributed by atoms with E-state index in [9.17, 15) is 4.79 Å². The average molecular weight is 415 g/mol. The van der Waals surface area contributed by atoms with Gasteiger partial charge in [0, 0.05) is 37.5 Å². The predicted octanol–water partition coefficient (Wildman–Crippen LogP) is 4.89. The Labute approximate surface area is 178 Å². The lowest BCUT2D eigenvalue weighted by Gasteiger charge is -2.36. The highest BCUT2D eigenvalue weighted by atomic mass is 32.1. The van der Waals surface area contributed by atoms with Crippen LogP contribution in [0.5, 0.6) is 0 Å². The third-order valence-electron chi connectivity index (χ3n) is 6.33. The lowest BCUT2D eigenvalue weighted by Crippen LogP contribution is -2.49. The van der Waals surface area contributed by atoms with E-state index in [1.807, 2.05) is 18.3 Å². The zero-order valence-corrected chi connectivity index (χ0v) is 18.8. The van der Waals surface area contributed by atoms with Gasteiger partial charge in [0.15, 0.2) is 0 Å². The summed E-state index contributed by atoms with van der Waals surface area (Å²) in [5.41, 5.74) is 1.50. The van der Waals surface area contributed by atoms with E-state index in [1.54, 1.807) is 0 Å². The number of nitrogens with zero attached hydrogens (tertiary/aromatic N) is 4. The number of amides is 1. The van der Waals surface area contributed by atoms with Crippen molar-refractivity contribution in [3.8, 4) is 0 Å². The molecule has 1 fully saturated rings. The number of carbonyl (C=O) groups is 1. The van der Waals surface area contributed by atoms with Crippen LogP contribution < -0.4 is 4.90 Å². The first-order valence-electron chi connectivity index (χ1n) is 11.5. The molecule has 2 aliphatic rings. The van der Waals surface area contributed by atoms with Crippen LogP contribution in [-0.4, -0.2) is 47.0 Å². The first-order valence-corrected chi connectivity index (χ1v) is 12.3. The first-order chi connectivity index (χ1) is 14.2. The van der Waals surface area contributed by atoms with E-state index in [4.69, 9.17) is 9.97 Å². The van der Waals surface area contributed by atoms with Crippen LogP contribution >= 0.6 is 11.3 Å². The third-order valence-corrected chi connectivity index (χ3v) is 7.52. The predicted molar refractivity (Wildman–Crippen MR) is 121 cm³/mol. The van der Waals surface area contributed by atoms with E-state index in [0.717, 1.165) is 55.5 Å². The zero-order chi connectivity index (χ0) is 20.2. The molecule has 6 heteroatoms. The lowest BCUT2D eigenvalue weighted by molar-refractivity contribution is -0.131. The Morgan fingerprint density at radius 3 is 2.55 bits per heavy atom. The van der Waals surface area contributed by atoms with Crippen LogP contribution in [0.2, 0.25) is 0 Å². The molecule has 158 valence electrons. The number of unbranched alkanes of at least 4 members (excludes halogenated alkanes) is 4. The second kappa shape index (κ2) is 9.41. The summed E-state index contributed by atoms with van der Waals surface area (Å²) < 4.78 is 0. The van der Waals surface area contributed by atoms with Crippen molar-refractivity contribution in [2.24, 2.45) is 0 Å². The van der Waals surface area contributed by atoms with Gasteiger partial charge in [0.1, 0.15) is 16.5 Å². The van der Waals surface area contributed by atoms with E-state index in [1.165, 1.54) is 60.8 Å². The molecule has 4 rings (SSSR count). The summed E-state index contributed by atoms with van der Waals surface area (Å²) in [6.45, 7) is 7.59. The molecule has 0 radical (unpaired) electrons. The number of carbonyl (C=O) groups excluding carboxylic acids is 1. The molecule has 0 atom stereocenters. The van der Waals surface area contributed by atoms with Crippen molar-refractivity contribution in [3.63, 3.8) is 0 Å². The Kier molecular flexibility index (Phi) is 6.68. The second-order valence-electron chi connectivity index (χ2n) is 8.52. The standard InChI is InChI=1S/C23H34N4OS/c1-3-4-5-6-7-12-20(28)26-13-15-27(16-14-26)22-21-18-10-8-9-11-19(18)29-23(21)25-17(2)24-22/h3-16H2,1-2H3. The van der Waals surface area contributed by atoms with Gasteiger partial charge in [-0.25, -0.2) is 9.97 Å². The summed E-state index contributed by atoms with van der Waals surface area (Å²) in [5, 5.41) is 1.30. The molecular formula is C23H34N4OS. The third kappa shape index (κ3) is 4.57. The molecule has 0 spiro atoms. The van der Waals surface area contributed by atoms with E-state index >= 15 is 0 Å². The fourth-order valence-electron chi connectivity index (χ4n) is 4.68. The van der Waals surface area contributed by atoms with Gasteiger partial charge < -0.3 is 9.80 Å². The van der Waals surface area contributed by atoms with Crippen LogP contribution in [-0.2, 0) is 17.6 Å². The summed E-state index contributed by atoms with van der Waals surface area (Å²) in [5.74, 6) is 2.30. The van der Waals surface area contributed by atoms with Gasteiger partial charge in [-0.2, -0.15) is 0 Å². The van der Waals surface area contributed by atoms with Gasteiger partial charge in [-0.1, -0.05) is 32.6 Å². The maximum atomic E-state index is 12.6.